The lowest BCUT2D eigenvalue weighted by Gasteiger charge is -2.09. The van der Waals surface area contributed by atoms with E-state index in [1.165, 1.54) is 7.11 Å². The average molecular weight is 288 g/mol. The van der Waals surface area contributed by atoms with E-state index in [-0.39, 0.29) is 12.5 Å². The molecule has 0 radical (unpaired) electrons. The van der Waals surface area contributed by atoms with Gasteiger partial charge in [0.1, 0.15) is 5.75 Å². The minimum Gasteiger partial charge on any atom is -0.496 e. The summed E-state index contributed by atoms with van der Waals surface area (Å²) >= 11 is 5.83. The quantitative estimate of drug-likeness (QED) is 0.711. The van der Waals surface area contributed by atoms with Gasteiger partial charge >= 0.3 is 0 Å². The van der Waals surface area contributed by atoms with Crippen LogP contribution in [0, 0.1) is 0 Å². The Morgan fingerprint density at radius 3 is 2.89 bits per heavy atom. The number of carbonyl (C=O) groups excluding carboxylic acids is 1. The Kier molecular flexibility index (Phi) is 7.25. The van der Waals surface area contributed by atoms with Crippen LogP contribution in [0.25, 0.3) is 0 Å². The summed E-state index contributed by atoms with van der Waals surface area (Å²) in [7, 11) is 1.49. The van der Waals surface area contributed by atoms with Crippen molar-refractivity contribution >= 4 is 17.5 Å². The maximum Gasteiger partial charge on any atom is 0.255 e. The van der Waals surface area contributed by atoms with Crippen LogP contribution in [-0.4, -0.2) is 44.5 Å². The second-order valence-electron chi connectivity index (χ2n) is 3.79. The van der Waals surface area contributed by atoms with Crippen molar-refractivity contribution in [1.29, 1.82) is 0 Å². The van der Waals surface area contributed by atoms with Gasteiger partial charge in [-0.2, -0.15) is 0 Å². The summed E-state index contributed by atoms with van der Waals surface area (Å²) in [4.78, 5) is 11.9. The predicted octanol–water partition coefficient (Wildman–Crippen LogP) is 1.48. The van der Waals surface area contributed by atoms with Crippen LogP contribution >= 0.6 is 11.6 Å². The number of halogens is 1. The van der Waals surface area contributed by atoms with Crippen molar-refractivity contribution in [1.82, 2.24) is 5.32 Å². The molecule has 1 rings (SSSR count). The first kappa shape index (κ1) is 15.8. The highest BCUT2D eigenvalue weighted by atomic mass is 35.5. The summed E-state index contributed by atoms with van der Waals surface area (Å²) in [6.07, 6.45) is 0.682. The van der Waals surface area contributed by atoms with Crippen LogP contribution in [0.15, 0.2) is 18.2 Å². The molecule has 2 N–H and O–H groups in total. The molecule has 106 valence electrons. The molecule has 0 fully saturated rings. The molecule has 1 amide bonds. The third-order valence-corrected chi connectivity index (χ3v) is 2.63. The van der Waals surface area contributed by atoms with Gasteiger partial charge in [0.15, 0.2) is 0 Å². The average Bonchev–Trinajstić information content (AvgIpc) is 2.42. The molecule has 6 heteroatoms. The smallest absolute Gasteiger partial charge is 0.255 e. The van der Waals surface area contributed by atoms with Gasteiger partial charge in [-0.3, -0.25) is 4.79 Å². The number of carbonyl (C=O) groups is 1. The largest absolute Gasteiger partial charge is 0.496 e. The monoisotopic (exact) mass is 287 g/mol. The second kappa shape index (κ2) is 8.74. The lowest BCUT2D eigenvalue weighted by molar-refractivity contribution is 0.0866. The number of hydrogen-bond acceptors (Lipinski definition) is 4. The molecule has 0 aliphatic rings. The molecule has 0 atom stereocenters. The predicted molar refractivity (Wildman–Crippen MR) is 72.9 cm³/mol. The number of benzene rings is 1. The van der Waals surface area contributed by atoms with Crippen molar-refractivity contribution < 1.29 is 19.4 Å². The summed E-state index contributed by atoms with van der Waals surface area (Å²) < 4.78 is 10.2. The standard InChI is InChI=1S/C13H18ClNO4/c1-18-12-9-10(14)3-4-11(12)13(17)15-5-2-7-19-8-6-16/h3-4,9,16H,2,5-8H2,1H3,(H,15,17). The molecule has 1 aromatic rings. The zero-order valence-electron chi connectivity index (χ0n) is 10.8. The number of rotatable bonds is 8. The van der Waals surface area contributed by atoms with Gasteiger partial charge in [0.25, 0.3) is 5.91 Å². The molecule has 0 heterocycles. The number of ether oxygens (including phenoxy) is 2. The molecule has 5 nitrogen and oxygen atoms in total. The zero-order chi connectivity index (χ0) is 14.1. The van der Waals surface area contributed by atoms with E-state index in [0.717, 1.165) is 0 Å². The topological polar surface area (TPSA) is 67.8 Å². The van der Waals surface area contributed by atoms with Gasteiger partial charge in [0.05, 0.1) is 25.9 Å². The Morgan fingerprint density at radius 1 is 1.42 bits per heavy atom. The van der Waals surface area contributed by atoms with Crippen molar-refractivity contribution in [3.8, 4) is 5.75 Å². The van der Waals surface area contributed by atoms with E-state index in [0.29, 0.717) is 42.5 Å². The van der Waals surface area contributed by atoms with Crippen molar-refractivity contribution in [3.05, 3.63) is 28.8 Å². The van der Waals surface area contributed by atoms with Gasteiger partial charge in [-0.25, -0.2) is 0 Å². The maximum absolute atomic E-state index is 11.9. The first-order valence-electron chi connectivity index (χ1n) is 5.99. The Bertz CT molecular complexity index is 412. The van der Waals surface area contributed by atoms with Crippen LogP contribution in [0.4, 0.5) is 0 Å². The summed E-state index contributed by atoms with van der Waals surface area (Å²) in [6.45, 7) is 1.32. The van der Waals surface area contributed by atoms with E-state index < -0.39 is 0 Å². The number of hydrogen-bond donors (Lipinski definition) is 2. The van der Waals surface area contributed by atoms with Gasteiger partial charge in [-0.05, 0) is 24.6 Å². The molecule has 0 unspecified atom stereocenters. The minimum absolute atomic E-state index is 0.00827. The van der Waals surface area contributed by atoms with Crippen LogP contribution in [0.3, 0.4) is 0 Å². The second-order valence-corrected chi connectivity index (χ2v) is 4.23. The van der Waals surface area contributed by atoms with E-state index in [1.54, 1.807) is 18.2 Å². The molecule has 0 aliphatic carbocycles. The molecule has 19 heavy (non-hydrogen) atoms. The van der Waals surface area contributed by atoms with Crippen molar-refractivity contribution in [2.75, 3.05) is 33.5 Å². The van der Waals surface area contributed by atoms with Crippen LogP contribution in [-0.2, 0) is 4.74 Å². The molecule has 0 saturated heterocycles. The van der Waals surface area contributed by atoms with Crippen molar-refractivity contribution in [3.63, 3.8) is 0 Å². The highest BCUT2D eigenvalue weighted by Gasteiger charge is 2.11. The van der Waals surface area contributed by atoms with Gasteiger partial charge in [0.2, 0.25) is 0 Å². The first-order valence-corrected chi connectivity index (χ1v) is 6.37. The number of aliphatic hydroxyl groups is 1. The van der Waals surface area contributed by atoms with E-state index in [9.17, 15) is 4.79 Å². The van der Waals surface area contributed by atoms with Crippen LogP contribution in [0.2, 0.25) is 5.02 Å². The SMILES string of the molecule is COc1cc(Cl)ccc1C(=O)NCCCOCCO. The first-order chi connectivity index (χ1) is 9.19. The summed E-state index contributed by atoms with van der Waals surface area (Å²) in [5.74, 6) is 0.234. The molecule has 1 aromatic carbocycles. The van der Waals surface area contributed by atoms with Crippen LogP contribution in [0.5, 0.6) is 5.75 Å². The van der Waals surface area contributed by atoms with E-state index in [2.05, 4.69) is 5.32 Å². The molecule has 0 aliphatic heterocycles. The van der Waals surface area contributed by atoms with E-state index >= 15 is 0 Å². The molecule has 0 spiro atoms. The Balaban J connectivity index is 2.41. The van der Waals surface area contributed by atoms with E-state index in [4.69, 9.17) is 26.2 Å². The zero-order valence-corrected chi connectivity index (χ0v) is 11.6. The Morgan fingerprint density at radius 2 is 2.21 bits per heavy atom. The lowest BCUT2D eigenvalue weighted by atomic mass is 10.2. The fourth-order valence-electron chi connectivity index (χ4n) is 1.49. The van der Waals surface area contributed by atoms with Crippen LogP contribution < -0.4 is 10.1 Å². The third kappa shape index (κ3) is 5.46. The number of aliphatic hydroxyl groups excluding tert-OH is 1. The molecular weight excluding hydrogens is 270 g/mol. The van der Waals surface area contributed by atoms with Gasteiger partial charge in [0, 0.05) is 18.2 Å². The summed E-state index contributed by atoms with van der Waals surface area (Å²) in [5.41, 5.74) is 0.447. The third-order valence-electron chi connectivity index (χ3n) is 2.39. The molecular formula is C13H18ClNO4. The maximum atomic E-state index is 11.9. The number of amides is 1. The highest BCUT2D eigenvalue weighted by Crippen LogP contribution is 2.22. The van der Waals surface area contributed by atoms with Crippen molar-refractivity contribution in [2.24, 2.45) is 0 Å². The molecule has 0 saturated carbocycles. The van der Waals surface area contributed by atoms with Crippen LogP contribution in [0.1, 0.15) is 16.8 Å². The lowest BCUT2D eigenvalue weighted by Crippen LogP contribution is -2.25. The normalized spacial score (nSPS) is 10.3. The number of methoxy groups -OCH3 is 1. The van der Waals surface area contributed by atoms with E-state index in [1.807, 2.05) is 0 Å². The fourth-order valence-corrected chi connectivity index (χ4v) is 1.65. The fraction of sp³-hybridized carbons (Fsp3) is 0.462. The summed E-state index contributed by atoms with van der Waals surface area (Å²) in [5, 5.41) is 11.8. The molecule has 0 aromatic heterocycles. The Hall–Kier alpha value is -1.30. The molecule has 0 bridgehead atoms. The Labute approximate surface area is 117 Å². The van der Waals surface area contributed by atoms with Gasteiger partial charge in [-0.1, -0.05) is 11.6 Å². The van der Waals surface area contributed by atoms with Crippen molar-refractivity contribution in [2.45, 2.75) is 6.42 Å². The van der Waals surface area contributed by atoms with Gasteiger partial charge < -0.3 is 19.9 Å². The highest BCUT2D eigenvalue weighted by molar-refractivity contribution is 6.30. The van der Waals surface area contributed by atoms with Gasteiger partial charge in [-0.15, -0.1) is 0 Å². The number of nitrogens with one attached hydrogen (secondary N) is 1. The minimum atomic E-state index is -0.212. The summed E-state index contributed by atoms with van der Waals surface area (Å²) in [6, 6.07) is 4.86.